The van der Waals surface area contributed by atoms with Gasteiger partial charge in [0, 0.05) is 31.4 Å². The lowest BCUT2D eigenvalue weighted by molar-refractivity contribution is -0.150. The number of ether oxygens (including phenoxy) is 2. The fraction of sp³-hybridized carbons (Fsp3) is 0.519. The first-order valence-electron chi connectivity index (χ1n) is 12.6. The second-order valence-electron chi connectivity index (χ2n) is 9.52. The van der Waals surface area contributed by atoms with Crippen LogP contribution in [0.3, 0.4) is 0 Å². The van der Waals surface area contributed by atoms with Crippen molar-refractivity contribution in [1.82, 2.24) is 4.31 Å². The molecule has 0 unspecified atom stereocenters. The quantitative estimate of drug-likeness (QED) is 0.297. The molecule has 1 saturated carbocycles. The Labute approximate surface area is 219 Å². The predicted octanol–water partition coefficient (Wildman–Crippen LogP) is 5.46. The Balaban J connectivity index is 1.77. The van der Waals surface area contributed by atoms with Crippen LogP contribution in [0.1, 0.15) is 46.0 Å². The molecule has 2 aromatic carbocycles. The van der Waals surface area contributed by atoms with E-state index in [1.807, 2.05) is 42.7 Å². The number of hydrogen-bond donors (Lipinski definition) is 0. The SMILES string of the molecule is CCCC[C@@H]1CN(c2ccccc2)c2cc(SC)c(OCC3(C(=O)OCC)CC3)cc2S(=O)(=O)N1C. The van der Waals surface area contributed by atoms with E-state index in [1.54, 1.807) is 20.0 Å². The summed E-state index contributed by atoms with van der Waals surface area (Å²) in [7, 11) is -2.10. The van der Waals surface area contributed by atoms with Crippen LogP contribution in [0.15, 0.2) is 52.3 Å². The summed E-state index contributed by atoms with van der Waals surface area (Å²) >= 11 is 1.50. The summed E-state index contributed by atoms with van der Waals surface area (Å²) in [5, 5.41) is 0. The van der Waals surface area contributed by atoms with Gasteiger partial charge < -0.3 is 14.4 Å². The van der Waals surface area contributed by atoms with Crippen LogP contribution in [0.4, 0.5) is 11.4 Å². The van der Waals surface area contributed by atoms with Crippen LogP contribution in [-0.4, -0.2) is 57.8 Å². The van der Waals surface area contributed by atoms with E-state index >= 15 is 0 Å². The molecular weight excluding hydrogens is 496 g/mol. The lowest BCUT2D eigenvalue weighted by atomic mass is 10.1. The summed E-state index contributed by atoms with van der Waals surface area (Å²) in [6, 6.07) is 13.3. The molecule has 7 nitrogen and oxygen atoms in total. The van der Waals surface area contributed by atoms with Crippen molar-refractivity contribution in [1.29, 1.82) is 0 Å². The first-order chi connectivity index (χ1) is 17.3. The van der Waals surface area contributed by atoms with Crippen molar-refractivity contribution < 1.29 is 22.7 Å². The Bertz CT molecular complexity index is 1180. The number of anilines is 2. The van der Waals surface area contributed by atoms with Crippen molar-refractivity contribution in [2.24, 2.45) is 5.41 Å². The van der Waals surface area contributed by atoms with Gasteiger partial charge in [-0.15, -0.1) is 11.8 Å². The lowest BCUT2D eigenvalue weighted by Crippen LogP contribution is -2.40. The molecule has 9 heteroatoms. The topological polar surface area (TPSA) is 76.1 Å². The zero-order valence-corrected chi connectivity index (χ0v) is 23.2. The Hall–Kier alpha value is -2.23. The number of carbonyl (C=O) groups excluding carboxylic acids is 1. The summed E-state index contributed by atoms with van der Waals surface area (Å²) in [5.41, 5.74) is 0.969. The van der Waals surface area contributed by atoms with E-state index in [0.717, 1.165) is 29.8 Å². The Morgan fingerprint density at radius 3 is 2.50 bits per heavy atom. The van der Waals surface area contributed by atoms with Crippen molar-refractivity contribution in [3.63, 3.8) is 0 Å². The van der Waals surface area contributed by atoms with Crippen molar-refractivity contribution in [3.8, 4) is 5.75 Å². The van der Waals surface area contributed by atoms with Crippen LogP contribution in [-0.2, 0) is 19.6 Å². The standard InChI is InChI=1S/C27H36N2O5S2/c1-5-7-11-21-18-29(20-12-9-8-10-13-20)22-16-24(35-4)23(17-25(22)36(31,32)28(21)3)34-19-27(14-15-27)26(30)33-6-2/h8-10,12-13,16-17,21H,5-7,11,14-15,18-19H2,1-4H3/t21-/m1/s1. The van der Waals surface area contributed by atoms with E-state index in [2.05, 4.69) is 11.8 Å². The van der Waals surface area contributed by atoms with E-state index in [9.17, 15) is 13.2 Å². The smallest absolute Gasteiger partial charge is 0.315 e. The largest absolute Gasteiger partial charge is 0.491 e. The third kappa shape index (κ3) is 5.24. The maximum Gasteiger partial charge on any atom is 0.315 e. The van der Waals surface area contributed by atoms with Gasteiger partial charge in [-0.1, -0.05) is 38.0 Å². The minimum atomic E-state index is -3.78. The van der Waals surface area contributed by atoms with Crippen LogP contribution in [0.25, 0.3) is 0 Å². The van der Waals surface area contributed by atoms with Crippen LogP contribution < -0.4 is 9.64 Å². The van der Waals surface area contributed by atoms with Gasteiger partial charge in [0.2, 0.25) is 10.0 Å². The van der Waals surface area contributed by atoms with Gasteiger partial charge in [0.25, 0.3) is 0 Å². The van der Waals surface area contributed by atoms with Crippen molar-refractivity contribution in [2.75, 3.05) is 38.0 Å². The lowest BCUT2D eigenvalue weighted by Gasteiger charge is -2.29. The molecule has 0 N–H and O–H groups in total. The number of rotatable bonds is 10. The molecule has 1 aliphatic heterocycles. The number of hydrogen-bond acceptors (Lipinski definition) is 7. The van der Waals surface area contributed by atoms with Gasteiger partial charge >= 0.3 is 5.97 Å². The molecule has 4 rings (SSSR count). The highest BCUT2D eigenvalue weighted by atomic mass is 32.2. The van der Waals surface area contributed by atoms with Gasteiger partial charge in [-0.3, -0.25) is 4.79 Å². The molecule has 36 heavy (non-hydrogen) atoms. The van der Waals surface area contributed by atoms with Crippen LogP contribution in [0.5, 0.6) is 5.75 Å². The Morgan fingerprint density at radius 2 is 1.89 bits per heavy atom. The summed E-state index contributed by atoms with van der Waals surface area (Å²) in [6.07, 6.45) is 6.11. The first kappa shape index (κ1) is 26.8. The zero-order chi connectivity index (χ0) is 25.9. The van der Waals surface area contributed by atoms with Gasteiger partial charge in [0.05, 0.1) is 17.2 Å². The highest BCUT2D eigenvalue weighted by Gasteiger charge is 2.52. The number of fused-ring (bicyclic) bond motifs is 1. The van der Waals surface area contributed by atoms with Gasteiger partial charge in [0.15, 0.2) is 0 Å². The summed E-state index contributed by atoms with van der Waals surface area (Å²) in [4.78, 5) is 15.6. The second kappa shape index (κ2) is 11.0. The van der Waals surface area contributed by atoms with E-state index < -0.39 is 15.4 Å². The number of carbonyl (C=O) groups is 1. The molecule has 196 valence electrons. The molecule has 1 fully saturated rings. The second-order valence-corrected chi connectivity index (χ2v) is 12.3. The van der Waals surface area contributed by atoms with Gasteiger partial charge in [-0.2, -0.15) is 4.31 Å². The molecule has 1 aliphatic carbocycles. The van der Waals surface area contributed by atoms with Crippen molar-refractivity contribution in [3.05, 3.63) is 42.5 Å². The number of sulfonamides is 1. The van der Waals surface area contributed by atoms with Crippen LogP contribution in [0, 0.1) is 5.41 Å². The Morgan fingerprint density at radius 1 is 1.17 bits per heavy atom. The van der Waals surface area contributed by atoms with E-state index in [1.165, 1.54) is 16.1 Å². The monoisotopic (exact) mass is 532 g/mol. The molecule has 2 aliphatic rings. The van der Waals surface area contributed by atoms with Crippen LogP contribution in [0.2, 0.25) is 0 Å². The van der Waals surface area contributed by atoms with Crippen molar-refractivity contribution in [2.45, 2.75) is 61.8 Å². The van der Waals surface area contributed by atoms with Crippen LogP contribution >= 0.6 is 11.8 Å². The van der Waals surface area contributed by atoms with E-state index in [-0.39, 0.29) is 23.5 Å². The minimum absolute atomic E-state index is 0.164. The molecule has 1 heterocycles. The number of unbranched alkanes of at least 4 members (excludes halogenated alkanes) is 1. The molecule has 0 radical (unpaired) electrons. The number of thioether (sulfide) groups is 1. The first-order valence-corrected chi connectivity index (χ1v) is 15.3. The summed E-state index contributed by atoms with van der Waals surface area (Å²) in [5.74, 6) is 0.237. The maximum atomic E-state index is 13.9. The summed E-state index contributed by atoms with van der Waals surface area (Å²) in [6.45, 7) is 4.98. The number of benzene rings is 2. The third-order valence-corrected chi connectivity index (χ3v) is 9.82. The third-order valence-electron chi connectivity index (χ3n) is 7.13. The molecule has 1 atom stereocenters. The molecule has 2 aromatic rings. The summed E-state index contributed by atoms with van der Waals surface area (Å²) < 4.78 is 40.7. The Kier molecular flexibility index (Phi) is 8.22. The fourth-order valence-electron chi connectivity index (χ4n) is 4.62. The van der Waals surface area contributed by atoms with Gasteiger partial charge in [-0.25, -0.2) is 8.42 Å². The average Bonchev–Trinajstić information content (AvgIpc) is 3.69. The number of nitrogens with zero attached hydrogens (tertiary/aromatic N) is 2. The number of para-hydroxylation sites is 1. The number of esters is 1. The molecule has 0 amide bonds. The normalized spacial score (nSPS) is 20.3. The van der Waals surface area contributed by atoms with Gasteiger partial charge in [0.1, 0.15) is 22.7 Å². The molecule has 0 saturated heterocycles. The van der Waals surface area contributed by atoms with E-state index in [4.69, 9.17) is 9.47 Å². The van der Waals surface area contributed by atoms with E-state index in [0.29, 0.717) is 37.4 Å². The highest BCUT2D eigenvalue weighted by Crippen LogP contribution is 2.49. The molecule has 0 aromatic heterocycles. The highest BCUT2D eigenvalue weighted by molar-refractivity contribution is 7.98. The molecule has 0 bridgehead atoms. The fourth-order valence-corrected chi connectivity index (χ4v) is 6.73. The van der Waals surface area contributed by atoms with Crippen molar-refractivity contribution >= 4 is 39.1 Å². The zero-order valence-electron chi connectivity index (χ0n) is 21.5. The van der Waals surface area contributed by atoms with Gasteiger partial charge in [-0.05, 0) is 50.6 Å². The molecule has 0 spiro atoms. The predicted molar refractivity (Wildman–Crippen MR) is 144 cm³/mol. The molecular formula is C27H36N2O5S2. The average molecular weight is 533 g/mol. The number of likely N-dealkylation sites (N-methyl/N-ethyl adjacent to an activating group) is 1. The maximum absolute atomic E-state index is 13.9. The minimum Gasteiger partial charge on any atom is -0.491 e.